The summed E-state index contributed by atoms with van der Waals surface area (Å²) in [4.78, 5) is 11.0. The molecule has 0 saturated heterocycles. The Morgan fingerprint density at radius 3 is 2.71 bits per heavy atom. The maximum Gasteiger partial charge on any atom is 0.134 e. The van der Waals surface area contributed by atoms with Crippen molar-refractivity contribution < 1.29 is 4.39 Å². The van der Waals surface area contributed by atoms with Crippen molar-refractivity contribution in [3.05, 3.63) is 47.5 Å². The van der Waals surface area contributed by atoms with Gasteiger partial charge in [-0.05, 0) is 24.1 Å². The number of halogens is 1. The minimum atomic E-state index is -0.217. The fourth-order valence-corrected chi connectivity index (χ4v) is 2.13. The fourth-order valence-electron chi connectivity index (χ4n) is 2.13. The van der Waals surface area contributed by atoms with E-state index < -0.39 is 0 Å². The molecule has 0 saturated carbocycles. The van der Waals surface area contributed by atoms with Crippen LogP contribution in [0.15, 0.2) is 30.3 Å². The predicted molar refractivity (Wildman–Crippen MR) is 84.1 cm³/mol. The zero-order valence-corrected chi connectivity index (χ0v) is 12.7. The molecule has 0 fully saturated rings. The highest BCUT2D eigenvalue weighted by molar-refractivity contribution is 5.49. The summed E-state index contributed by atoms with van der Waals surface area (Å²) < 4.78 is 13.2. The van der Waals surface area contributed by atoms with E-state index in [0.717, 1.165) is 35.9 Å². The van der Waals surface area contributed by atoms with E-state index in [0.29, 0.717) is 6.54 Å². The average molecular weight is 288 g/mol. The van der Waals surface area contributed by atoms with Crippen LogP contribution < -0.4 is 10.2 Å². The molecule has 0 aliphatic heterocycles. The van der Waals surface area contributed by atoms with E-state index in [1.807, 2.05) is 31.1 Å². The average Bonchev–Trinajstić information content (AvgIpc) is 2.47. The lowest BCUT2D eigenvalue weighted by atomic mass is 10.2. The Labute approximate surface area is 125 Å². The van der Waals surface area contributed by atoms with Crippen LogP contribution >= 0.6 is 0 Å². The number of hydrogen-bond acceptors (Lipinski definition) is 4. The van der Waals surface area contributed by atoms with Crippen molar-refractivity contribution in [2.75, 3.05) is 24.3 Å². The second-order valence-corrected chi connectivity index (χ2v) is 5.01. The number of aromatic nitrogens is 2. The highest BCUT2D eigenvalue weighted by Crippen LogP contribution is 2.18. The Hall–Kier alpha value is -2.17. The third-order valence-electron chi connectivity index (χ3n) is 3.19. The topological polar surface area (TPSA) is 41.1 Å². The molecule has 0 amide bonds. The number of anilines is 2. The molecule has 0 aliphatic carbocycles. The van der Waals surface area contributed by atoms with Crippen LogP contribution in [0.5, 0.6) is 0 Å². The maximum absolute atomic E-state index is 13.2. The molecule has 2 rings (SSSR count). The van der Waals surface area contributed by atoms with Crippen molar-refractivity contribution in [3.8, 4) is 0 Å². The fraction of sp³-hybridized carbons (Fsp3) is 0.375. The van der Waals surface area contributed by atoms with Gasteiger partial charge in [-0.25, -0.2) is 14.4 Å². The van der Waals surface area contributed by atoms with Gasteiger partial charge in [0.25, 0.3) is 0 Å². The summed E-state index contributed by atoms with van der Waals surface area (Å²) in [6, 6.07) is 8.53. The number of nitrogens with zero attached hydrogens (tertiary/aromatic N) is 3. The second kappa shape index (κ2) is 7.02. The molecule has 0 aliphatic rings. The molecule has 4 nitrogen and oxygen atoms in total. The standard InChI is InChI=1S/C16H21FN4/c1-4-6-14-19-15(18-2)10-16(20-14)21(3)11-12-7-5-8-13(17)9-12/h5,7-10H,4,6,11H2,1-3H3,(H,18,19,20). The smallest absolute Gasteiger partial charge is 0.134 e. The van der Waals surface area contributed by atoms with Crippen molar-refractivity contribution in [1.29, 1.82) is 0 Å². The normalized spacial score (nSPS) is 10.5. The van der Waals surface area contributed by atoms with Crippen molar-refractivity contribution in [2.24, 2.45) is 0 Å². The zero-order valence-electron chi connectivity index (χ0n) is 12.7. The molecule has 2 aromatic rings. The van der Waals surface area contributed by atoms with Crippen LogP contribution in [0, 0.1) is 5.82 Å². The SMILES string of the molecule is CCCc1nc(NC)cc(N(C)Cc2cccc(F)c2)n1. The lowest BCUT2D eigenvalue weighted by molar-refractivity contribution is 0.625. The van der Waals surface area contributed by atoms with Crippen molar-refractivity contribution >= 4 is 11.6 Å². The summed E-state index contributed by atoms with van der Waals surface area (Å²) in [6.07, 6.45) is 1.84. The van der Waals surface area contributed by atoms with E-state index in [2.05, 4.69) is 22.2 Å². The second-order valence-electron chi connectivity index (χ2n) is 5.01. The van der Waals surface area contributed by atoms with Gasteiger partial charge in [-0.3, -0.25) is 0 Å². The molecule has 1 aromatic heterocycles. The molecule has 5 heteroatoms. The lowest BCUT2D eigenvalue weighted by Crippen LogP contribution is -2.19. The van der Waals surface area contributed by atoms with Gasteiger partial charge in [0.05, 0.1) is 0 Å². The highest BCUT2D eigenvalue weighted by Gasteiger charge is 2.09. The maximum atomic E-state index is 13.2. The molecule has 1 N–H and O–H groups in total. The molecule has 112 valence electrons. The van der Waals surface area contributed by atoms with E-state index in [1.54, 1.807) is 12.1 Å². The zero-order chi connectivity index (χ0) is 15.2. The third-order valence-corrected chi connectivity index (χ3v) is 3.19. The highest BCUT2D eigenvalue weighted by atomic mass is 19.1. The number of rotatable bonds is 6. The Morgan fingerprint density at radius 2 is 2.05 bits per heavy atom. The summed E-state index contributed by atoms with van der Waals surface area (Å²) >= 11 is 0. The third kappa shape index (κ3) is 4.15. The van der Waals surface area contributed by atoms with Crippen molar-refractivity contribution in [1.82, 2.24) is 9.97 Å². The van der Waals surface area contributed by atoms with E-state index in [4.69, 9.17) is 0 Å². The summed E-state index contributed by atoms with van der Waals surface area (Å²) in [6.45, 7) is 2.70. The summed E-state index contributed by atoms with van der Waals surface area (Å²) in [7, 11) is 3.79. The van der Waals surface area contributed by atoms with Gasteiger partial charge < -0.3 is 10.2 Å². The minimum Gasteiger partial charge on any atom is -0.373 e. The Balaban J connectivity index is 2.21. The monoisotopic (exact) mass is 288 g/mol. The van der Waals surface area contributed by atoms with Gasteiger partial charge in [0.2, 0.25) is 0 Å². The van der Waals surface area contributed by atoms with Gasteiger partial charge in [-0.1, -0.05) is 19.1 Å². The van der Waals surface area contributed by atoms with Crippen molar-refractivity contribution in [2.45, 2.75) is 26.3 Å². The van der Waals surface area contributed by atoms with Gasteiger partial charge in [-0.2, -0.15) is 0 Å². The first kappa shape index (κ1) is 15.2. The summed E-state index contributed by atoms with van der Waals surface area (Å²) in [5, 5.41) is 3.06. The Kier molecular flexibility index (Phi) is 5.09. The Morgan fingerprint density at radius 1 is 1.24 bits per heavy atom. The van der Waals surface area contributed by atoms with E-state index in [1.165, 1.54) is 6.07 Å². The van der Waals surface area contributed by atoms with Crippen LogP contribution in [-0.2, 0) is 13.0 Å². The number of nitrogens with one attached hydrogen (secondary N) is 1. The first-order valence-electron chi connectivity index (χ1n) is 7.13. The number of hydrogen-bond donors (Lipinski definition) is 1. The molecule has 1 aromatic carbocycles. The van der Waals surface area contributed by atoms with Crippen molar-refractivity contribution in [3.63, 3.8) is 0 Å². The predicted octanol–water partition coefficient (Wildman–Crippen LogP) is 3.25. The molecule has 0 spiro atoms. The van der Waals surface area contributed by atoms with Crippen LogP contribution in [0.25, 0.3) is 0 Å². The van der Waals surface area contributed by atoms with Crippen LogP contribution in [0.2, 0.25) is 0 Å². The molecule has 1 heterocycles. The quantitative estimate of drug-likeness (QED) is 0.886. The van der Waals surface area contributed by atoms with Gasteiger partial charge in [0.1, 0.15) is 23.3 Å². The first-order valence-corrected chi connectivity index (χ1v) is 7.13. The van der Waals surface area contributed by atoms with E-state index in [-0.39, 0.29) is 5.82 Å². The number of benzene rings is 1. The molecule has 0 atom stereocenters. The van der Waals surface area contributed by atoms with Gasteiger partial charge >= 0.3 is 0 Å². The first-order chi connectivity index (χ1) is 10.1. The van der Waals surface area contributed by atoms with E-state index in [9.17, 15) is 4.39 Å². The van der Waals surface area contributed by atoms with Crippen LogP contribution in [-0.4, -0.2) is 24.1 Å². The Bertz CT molecular complexity index is 601. The molecule has 0 unspecified atom stereocenters. The molecule has 0 bridgehead atoms. The summed E-state index contributed by atoms with van der Waals surface area (Å²) in [5.41, 5.74) is 0.916. The van der Waals surface area contributed by atoms with Gasteiger partial charge in [-0.15, -0.1) is 0 Å². The summed E-state index contributed by atoms with van der Waals surface area (Å²) in [5.74, 6) is 2.24. The lowest BCUT2D eigenvalue weighted by Gasteiger charge is -2.19. The molecule has 21 heavy (non-hydrogen) atoms. The number of aryl methyl sites for hydroxylation is 1. The van der Waals surface area contributed by atoms with Gasteiger partial charge in [0.15, 0.2) is 0 Å². The van der Waals surface area contributed by atoms with Crippen LogP contribution in [0.3, 0.4) is 0 Å². The van der Waals surface area contributed by atoms with E-state index >= 15 is 0 Å². The van der Waals surface area contributed by atoms with Crippen LogP contribution in [0.1, 0.15) is 24.7 Å². The van der Waals surface area contributed by atoms with Crippen LogP contribution in [0.4, 0.5) is 16.0 Å². The van der Waals surface area contributed by atoms with Gasteiger partial charge in [0, 0.05) is 33.1 Å². The minimum absolute atomic E-state index is 0.217. The largest absolute Gasteiger partial charge is 0.373 e. The molecular formula is C16H21FN4. The molecule has 0 radical (unpaired) electrons. The molecular weight excluding hydrogens is 267 g/mol.